The molecule has 0 amide bonds. The summed E-state index contributed by atoms with van der Waals surface area (Å²) in [6, 6.07) is 5.03. The van der Waals surface area contributed by atoms with Crippen LogP contribution >= 0.6 is 0 Å². The summed E-state index contributed by atoms with van der Waals surface area (Å²) in [6.45, 7) is 1.01. The molecule has 1 aliphatic rings. The van der Waals surface area contributed by atoms with Gasteiger partial charge >= 0.3 is 6.18 Å². The molecule has 4 nitrogen and oxygen atoms in total. The second kappa shape index (κ2) is 5.70. The molecule has 0 saturated heterocycles. The molecule has 1 aromatic rings. The fourth-order valence-electron chi connectivity index (χ4n) is 2.30. The first-order chi connectivity index (χ1) is 9.45. The number of benzene rings is 1. The lowest BCUT2D eigenvalue weighted by Crippen LogP contribution is -2.38. The van der Waals surface area contributed by atoms with Crippen molar-refractivity contribution >= 4 is 5.96 Å². The number of nitrogens with zero attached hydrogens (tertiary/aromatic N) is 2. The maximum absolute atomic E-state index is 13.1. The maximum atomic E-state index is 13.1. The number of ether oxygens (including phenoxy) is 1. The van der Waals surface area contributed by atoms with Gasteiger partial charge in [0.05, 0.1) is 24.8 Å². The largest absolute Gasteiger partial charge is 0.416 e. The average molecular weight is 287 g/mol. The van der Waals surface area contributed by atoms with Crippen LogP contribution in [0.3, 0.4) is 0 Å². The summed E-state index contributed by atoms with van der Waals surface area (Å²) in [7, 11) is 1.53. The highest BCUT2D eigenvalue weighted by molar-refractivity contribution is 5.80. The van der Waals surface area contributed by atoms with Gasteiger partial charge in [-0.05, 0) is 11.6 Å². The molecule has 2 rings (SSSR count). The van der Waals surface area contributed by atoms with Crippen LogP contribution in [0.1, 0.15) is 17.2 Å². The predicted octanol–water partition coefficient (Wildman–Crippen LogP) is 2.02. The molecule has 0 spiro atoms. The zero-order valence-electron chi connectivity index (χ0n) is 11.0. The highest BCUT2D eigenvalue weighted by Gasteiger charge is 2.38. The first-order valence-corrected chi connectivity index (χ1v) is 6.16. The van der Waals surface area contributed by atoms with Crippen molar-refractivity contribution in [3.63, 3.8) is 0 Å². The van der Waals surface area contributed by atoms with E-state index in [1.165, 1.54) is 19.2 Å². The van der Waals surface area contributed by atoms with Crippen molar-refractivity contribution in [2.45, 2.75) is 12.2 Å². The van der Waals surface area contributed by atoms with Gasteiger partial charge in [0.2, 0.25) is 0 Å². The standard InChI is InChI=1S/C13H16F3N3O/c1-20-7-6-19-11(8-18-12(19)17)9-4-2-3-5-10(9)13(14,15)16/h2-5,11H,6-8H2,1H3,(H2,17,18). The van der Waals surface area contributed by atoms with E-state index in [1.807, 2.05) is 0 Å². The molecule has 0 saturated carbocycles. The van der Waals surface area contributed by atoms with Crippen LogP contribution in [-0.2, 0) is 10.9 Å². The van der Waals surface area contributed by atoms with E-state index in [4.69, 9.17) is 10.5 Å². The number of alkyl halides is 3. The zero-order chi connectivity index (χ0) is 14.8. The van der Waals surface area contributed by atoms with Gasteiger partial charge < -0.3 is 15.4 Å². The minimum Gasteiger partial charge on any atom is -0.383 e. The minimum atomic E-state index is -4.39. The molecule has 1 atom stereocenters. The lowest BCUT2D eigenvalue weighted by Gasteiger charge is -2.28. The molecule has 0 fully saturated rings. The second-order valence-corrected chi connectivity index (χ2v) is 4.49. The number of methoxy groups -OCH3 is 1. The van der Waals surface area contributed by atoms with Gasteiger partial charge in [-0.2, -0.15) is 13.2 Å². The minimum absolute atomic E-state index is 0.195. The summed E-state index contributed by atoms with van der Waals surface area (Å²) >= 11 is 0. The van der Waals surface area contributed by atoms with Crippen molar-refractivity contribution in [3.05, 3.63) is 35.4 Å². The molecule has 0 radical (unpaired) electrons. The number of rotatable bonds is 4. The fourth-order valence-corrected chi connectivity index (χ4v) is 2.30. The number of guanidine groups is 1. The molecule has 1 aromatic carbocycles. The van der Waals surface area contributed by atoms with E-state index in [0.29, 0.717) is 13.2 Å². The third kappa shape index (κ3) is 2.87. The molecule has 1 heterocycles. The number of hydrogen-bond donors (Lipinski definition) is 1. The molecule has 0 aromatic heterocycles. The fraction of sp³-hybridized carbons (Fsp3) is 0.462. The Morgan fingerprint density at radius 3 is 2.75 bits per heavy atom. The summed E-state index contributed by atoms with van der Waals surface area (Å²) < 4.78 is 44.2. The van der Waals surface area contributed by atoms with Crippen LogP contribution in [0.15, 0.2) is 29.3 Å². The molecule has 0 aliphatic carbocycles. The normalized spacial score (nSPS) is 19.3. The number of halogens is 3. The van der Waals surface area contributed by atoms with Gasteiger partial charge in [0, 0.05) is 13.7 Å². The Hall–Kier alpha value is -1.76. The van der Waals surface area contributed by atoms with Crippen molar-refractivity contribution in [3.8, 4) is 0 Å². The van der Waals surface area contributed by atoms with Crippen molar-refractivity contribution in [2.75, 3.05) is 26.8 Å². The summed E-state index contributed by atoms with van der Waals surface area (Å²) in [5.74, 6) is 0.254. The molecule has 110 valence electrons. The highest BCUT2D eigenvalue weighted by atomic mass is 19.4. The van der Waals surface area contributed by atoms with Gasteiger partial charge in [0.25, 0.3) is 0 Å². The van der Waals surface area contributed by atoms with E-state index in [-0.39, 0.29) is 18.1 Å². The van der Waals surface area contributed by atoms with E-state index in [0.717, 1.165) is 6.07 Å². The van der Waals surface area contributed by atoms with Gasteiger partial charge in [-0.25, -0.2) is 0 Å². The maximum Gasteiger partial charge on any atom is 0.416 e. The molecule has 0 bridgehead atoms. The number of aliphatic imine (C=N–C) groups is 1. The molecular formula is C13H16F3N3O. The summed E-state index contributed by atoms with van der Waals surface area (Å²) in [5, 5.41) is 0. The smallest absolute Gasteiger partial charge is 0.383 e. The summed E-state index contributed by atoms with van der Waals surface area (Å²) in [6.07, 6.45) is -4.39. The SMILES string of the molecule is COCCN1C(N)=NCC1c1ccccc1C(F)(F)F. The van der Waals surface area contributed by atoms with Crippen LogP contribution in [0.2, 0.25) is 0 Å². The van der Waals surface area contributed by atoms with Crippen molar-refractivity contribution in [2.24, 2.45) is 10.7 Å². The van der Waals surface area contributed by atoms with Crippen molar-refractivity contribution in [1.29, 1.82) is 0 Å². The van der Waals surface area contributed by atoms with E-state index in [9.17, 15) is 13.2 Å². The van der Waals surface area contributed by atoms with E-state index >= 15 is 0 Å². The average Bonchev–Trinajstić information content (AvgIpc) is 2.76. The van der Waals surface area contributed by atoms with Gasteiger partial charge in [-0.3, -0.25) is 4.99 Å². The lowest BCUT2D eigenvalue weighted by atomic mass is 9.99. The molecule has 1 unspecified atom stereocenters. The van der Waals surface area contributed by atoms with Crippen molar-refractivity contribution in [1.82, 2.24) is 4.90 Å². The molecular weight excluding hydrogens is 271 g/mol. The monoisotopic (exact) mass is 287 g/mol. The first-order valence-electron chi connectivity index (χ1n) is 6.16. The van der Waals surface area contributed by atoms with E-state index in [2.05, 4.69) is 4.99 Å². The molecule has 2 N–H and O–H groups in total. The number of hydrogen-bond acceptors (Lipinski definition) is 4. The quantitative estimate of drug-likeness (QED) is 0.921. The van der Waals surface area contributed by atoms with Crippen LogP contribution in [0.4, 0.5) is 13.2 Å². The Balaban J connectivity index is 2.32. The molecule has 1 aliphatic heterocycles. The molecule has 20 heavy (non-hydrogen) atoms. The topological polar surface area (TPSA) is 50.9 Å². The molecule has 7 heteroatoms. The van der Waals surface area contributed by atoms with Crippen molar-refractivity contribution < 1.29 is 17.9 Å². The van der Waals surface area contributed by atoms with Gasteiger partial charge in [-0.1, -0.05) is 18.2 Å². The van der Waals surface area contributed by atoms with E-state index < -0.39 is 17.8 Å². The summed E-state index contributed by atoms with van der Waals surface area (Å²) in [5.41, 5.74) is 5.30. The van der Waals surface area contributed by atoms with Crippen LogP contribution in [0.5, 0.6) is 0 Å². The van der Waals surface area contributed by atoms with Gasteiger partial charge in [0.15, 0.2) is 5.96 Å². The van der Waals surface area contributed by atoms with E-state index in [1.54, 1.807) is 11.0 Å². The van der Waals surface area contributed by atoms with Crippen LogP contribution in [-0.4, -0.2) is 37.7 Å². The van der Waals surface area contributed by atoms with Crippen LogP contribution in [0.25, 0.3) is 0 Å². The number of nitrogens with two attached hydrogens (primary N) is 1. The third-order valence-electron chi connectivity index (χ3n) is 3.26. The second-order valence-electron chi connectivity index (χ2n) is 4.49. The zero-order valence-corrected chi connectivity index (χ0v) is 11.0. The lowest BCUT2D eigenvalue weighted by molar-refractivity contribution is -0.138. The third-order valence-corrected chi connectivity index (χ3v) is 3.26. The predicted molar refractivity (Wildman–Crippen MR) is 69.3 cm³/mol. The Labute approximate surface area is 115 Å². The highest BCUT2D eigenvalue weighted by Crippen LogP contribution is 2.37. The summed E-state index contributed by atoms with van der Waals surface area (Å²) in [4.78, 5) is 5.70. The Morgan fingerprint density at radius 2 is 2.10 bits per heavy atom. The Bertz CT molecular complexity index is 502. The Kier molecular flexibility index (Phi) is 4.17. The van der Waals surface area contributed by atoms with Crippen LogP contribution in [0, 0.1) is 0 Å². The first kappa shape index (κ1) is 14.6. The van der Waals surface area contributed by atoms with Crippen LogP contribution < -0.4 is 5.73 Å². The Morgan fingerprint density at radius 1 is 1.40 bits per heavy atom. The van der Waals surface area contributed by atoms with Gasteiger partial charge in [0.1, 0.15) is 0 Å². The van der Waals surface area contributed by atoms with Gasteiger partial charge in [-0.15, -0.1) is 0 Å².